The summed E-state index contributed by atoms with van der Waals surface area (Å²) in [4.78, 5) is 8.33. The average Bonchev–Trinajstić information content (AvgIpc) is 2.80. The maximum absolute atomic E-state index is 5.68. The standard InChI is InChI=1S/C11H16N6O/c1-2-5-18-9-3-4-13-11(16-9)14-6-8-7-15-17-10(8)12/h3-4,7H,2,5-6H2,1H3,(H3,12,15,17)(H,13,14,16). The third-order valence-corrected chi connectivity index (χ3v) is 2.27. The molecule has 0 atom stereocenters. The first kappa shape index (κ1) is 12.2. The van der Waals surface area contributed by atoms with Gasteiger partial charge in [0.1, 0.15) is 5.82 Å². The van der Waals surface area contributed by atoms with Crippen molar-refractivity contribution >= 4 is 11.8 Å². The Morgan fingerprint density at radius 2 is 2.39 bits per heavy atom. The summed E-state index contributed by atoms with van der Waals surface area (Å²) in [7, 11) is 0. The van der Waals surface area contributed by atoms with Gasteiger partial charge in [-0.15, -0.1) is 0 Å². The van der Waals surface area contributed by atoms with Crippen molar-refractivity contribution in [3.8, 4) is 5.88 Å². The maximum Gasteiger partial charge on any atom is 0.226 e. The number of aromatic nitrogens is 4. The van der Waals surface area contributed by atoms with Crippen molar-refractivity contribution in [2.75, 3.05) is 17.7 Å². The van der Waals surface area contributed by atoms with E-state index in [4.69, 9.17) is 10.5 Å². The SMILES string of the molecule is CCCOc1ccnc(NCc2cn[nH]c2N)n1. The molecule has 0 unspecified atom stereocenters. The van der Waals surface area contributed by atoms with Crippen molar-refractivity contribution in [3.63, 3.8) is 0 Å². The second kappa shape index (κ2) is 5.85. The van der Waals surface area contributed by atoms with Crippen LogP contribution in [0.15, 0.2) is 18.5 Å². The van der Waals surface area contributed by atoms with Crippen LogP contribution >= 0.6 is 0 Å². The predicted molar refractivity (Wildman–Crippen MR) is 68.1 cm³/mol. The van der Waals surface area contributed by atoms with Crippen molar-refractivity contribution < 1.29 is 4.74 Å². The lowest BCUT2D eigenvalue weighted by Crippen LogP contribution is -2.06. The van der Waals surface area contributed by atoms with Crippen LogP contribution in [0.2, 0.25) is 0 Å². The first-order valence-corrected chi connectivity index (χ1v) is 5.77. The molecule has 0 aliphatic rings. The lowest BCUT2D eigenvalue weighted by molar-refractivity contribution is 0.305. The van der Waals surface area contributed by atoms with Crippen LogP contribution in [0, 0.1) is 0 Å². The first-order chi connectivity index (χ1) is 8.79. The molecule has 0 saturated heterocycles. The Hall–Kier alpha value is -2.31. The first-order valence-electron chi connectivity index (χ1n) is 5.77. The van der Waals surface area contributed by atoms with E-state index in [1.165, 1.54) is 0 Å². The molecule has 2 aromatic rings. The normalized spacial score (nSPS) is 10.3. The van der Waals surface area contributed by atoms with Crippen molar-refractivity contribution in [2.24, 2.45) is 0 Å². The van der Waals surface area contributed by atoms with Gasteiger partial charge in [0.2, 0.25) is 11.8 Å². The minimum Gasteiger partial charge on any atom is -0.478 e. The van der Waals surface area contributed by atoms with Gasteiger partial charge in [0.05, 0.1) is 12.8 Å². The molecule has 2 heterocycles. The Labute approximate surface area is 105 Å². The number of nitrogen functional groups attached to an aromatic ring is 1. The second-order valence-electron chi connectivity index (χ2n) is 3.73. The number of hydrogen-bond donors (Lipinski definition) is 3. The summed E-state index contributed by atoms with van der Waals surface area (Å²) in [5.41, 5.74) is 6.55. The van der Waals surface area contributed by atoms with Gasteiger partial charge >= 0.3 is 0 Å². The van der Waals surface area contributed by atoms with E-state index < -0.39 is 0 Å². The van der Waals surface area contributed by atoms with Gasteiger partial charge in [-0.1, -0.05) is 6.92 Å². The molecule has 2 rings (SSSR count). The van der Waals surface area contributed by atoms with E-state index in [-0.39, 0.29) is 0 Å². The minimum atomic E-state index is 0.504. The van der Waals surface area contributed by atoms with Crippen molar-refractivity contribution in [1.82, 2.24) is 20.2 Å². The van der Waals surface area contributed by atoms with E-state index in [0.717, 1.165) is 12.0 Å². The number of nitrogens with zero attached hydrogens (tertiary/aromatic N) is 3. The molecule has 18 heavy (non-hydrogen) atoms. The maximum atomic E-state index is 5.68. The Bertz CT molecular complexity index is 498. The molecule has 0 radical (unpaired) electrons. The summed E-state index contributed by atoms with van der Waals surface area (Å²) in [6.45, 7) is 3.20. The highest BCUT2D eigenvalue weighted by molar-refractivity contribution is 5.39. The number of nitrogens with two attached hydrogens (primary N) is 1. The van der Waals surface area contributed by atoms with Gasteiger partial charge in [0.25, 0.3) is 0 Å². The molecular formula is C11H16N6O. The van der Waals surface area contributed by atoms with Crippen LogP contribution in [-0.2, 0) is 6.54 Å². The lowest BCUT2D eigenvalue weighted by atomic mass is 10.3. The van der Waals surface area contributed by atoms with E-state index >= 15 is 0 Å². The number of anilines is 2. The Morgan fingerprint density at radius 1 is 1.50 bits per heavy atom. The van der Waals surface area contributed by atoms with Gasteiger partial charge in [-0.05, 0) is 6.42 Å². The molecule has 0 aliphatic carbocycles. The van der Waals surface area contributed by atoms with E-state index in [2.05, 4.69) is 25.5 Å². The second-order valence-corrected chi connectivity index (χ2v) is 3.73. The highest BCUT2D eigenvalue weighted by atomic mass is 16.5. The Balaban J connectivity index is 1.95. The van der Waals surface area contributed by atoms with Gasteiger partial charge < -0.3 is 15.8 Å². The summed E-state index contributed by atoms with van der Waals surface area (Å²) < 4.78 is 5.42. The fourth-order valence-electron chi connectivity index (χ4n) is 1.35. The zero-order valence-electron chi connectivity index (χ0n) is 10.2. The molecule has 0 fully saturated rings. The van der Waals surface area contributed by atoms with Gasteiger partial charge in [-0.25, -0.2) is 4.98 Å². The molecule has 0 bridgehead atoms. The minimum absolute atomic E-state index is 0.504. The van der Waals surface area contributed by atoms with E-state index in [0.29, 0.717) is 30.8 Å². The van der Waals surface area contributed by atoms with E-state index in [9.17, 15) is 0 Å². The molecule has 2 aromatic heterocycles. The number of hydrogen-bond acceptors (Lipinski definition) is 6. The van der Waals surface area contributed by atoms with Crippen LogP contribution in [0.3, 0.4) is 0 Å². The molecule has 96 valence electrons. The fourth-order valence-corrected chi connectivity index (χ4v) is 1.35. The number of rotatable bonds is 6. The van der Waals surface area contributed by atoms with Crippen molar-refractivity contribution in [1.29, 1.82) is 0 Å². The molecule has 0 saturated carbocycles. The predicted octanol–water partition coefficient (Wildman–Crippen LogP) is 1.18. The van der Waals surface area contributed by atoms with Gasteiger partial charge in [-0.2, -0.15) is 10.1 Å². The monoisotopic (exact) mass is 248 g/mol. The molecule has 7 nitrogen and oxygen atoms in total. The third-order valence-electron chi connectivity index (χ3n) is 2.27. The Kier molecular flexibility index (Phi) is 3.95. The molecular weight excluding hydrogens is 232 g/mol. The van der Waals surface area contributed by atoms with Crippen LogP contribution in [0.25, 0.3) is 0 Å². The highest BCUT2D eigenvalue weighted by Crippen LogP contribution is 2.11. The summed E-state index contributed by atoms with van der Waals surface area (Å²) >= 11 is 0. The third kappa shape index (κ3) is 3.09. The van der Waals surface area contributed by atoms with Crippen molar-refractivity contribution in [3.05, 3.63) is 24.0 Å². The zero-order valence-corrected chi connectivity index (χ0v) is 10.2. The summed E-state index contributed by atoms with van der Waals surface area (Å²) in [5.74, 6) is 1.61. The quantitative estimate of drug-likeness (QED) is 0.709. The molecule has 0 spiro atoms. The molecule has 4 N–H and O–H groups in total. The van der Waals surface area contributed by atoms with Crippen LogP contribution in [0.5, 0.6) is 5.88 Å². The average molecular weight is 248 g/mol. The van der Waals surface area contributed by atoms with Gasteiger partial charge in [-0.3, -0.25) is 5.10 Å². The van der Waals surface area contributed by atoms with Crippen LogP contribution in [0.4, 0.5) is 11.8 Å². The Morgan fingerprint density at radius 3 is 3.11 bits per heavy atom. The molecule has 0 amide bonds. The number of aromatic amines is 1. The highest BCUT2D eigenvalue weighted by Gasteiger charge is 2.03. The number of ether oxygens (including phenoxy) is 1. The zero-order chi connectivity index (χ0) is 12.8. The van der Waals surface area contributed by atoms with E-state index in [1.807, 2.05) is 6.92 Å². The van der Waals surface area contributed by atoms with E-state index in [1.54, 1.807) is 18.5 Å². The largest absolute Gasteiger partial charge is 0.478 e. The van der Waals surface area contributed by atoms with Gasteiger partial charge in [0, 0.05) is 24.4 Å². The number of nitrogens with one attached hydrogen (secondary N) is 2. The summed E-state index contributed by atoms with van der Waals surface area (Å²) in [6, 6.07) is 1.73. The van der Waals surface area contributed by atoms with Gasteiger partial charge in [0.15, 0.2) is 0 Å². The summed E-state index contributed by atoms with van der Waals surface area (Å²) in [6.07, 6.45) is 4.26. The lowest BCUT2D eigenvalue weighted by Gasteiger charge is -2.06. The van der Waals surface area contributed by atoms with Crippen LogP contribution < -0.4 is 15.8 Å². The van der Waals surface area contributed by atoms with Crippen LogP contribution in [-0.4, -0.2) is 26.8 Å². The topological polar surface area (TPSA) is 102 Å². The van der Waals surface area contributed by atoms with Crippen LogP contribution in [0.1, 0.15) is 18.9 Å². The smallest absolute Gasteiger partial charge is 0.226 e. The fraction of sp³-hybridized carbons (Fsp3) is 0.364. The summed E-state index contributed by atoms with van der Waals surface area (Å²) in [5, 5.41) is 9.57. The molecule has 0 aliphatic heterocycles. The molecule has 0 aromatic carbocycles. The van der Waals surface area contributed by atoms with Crippen molar-refractivity contribution in [2.45, 2.75) is 19.9 Å². The molecule has 7 heteroatoms. The number of H-pyrrole nitrogens is 1.